The van der Waals surface area contributed by atoms with Crippen LogP contribution in [-0.2, 0) is 13.1 Å². The van der Waals surface area contributed by atoms with Crippen LogP contribution in [0.15, 0.2) is 60.8 Å². The van der Waals surface area contributed by atoms with Gasteiger partial charge in [-0.25, -0.2) is 14.4 Å². The van der Waals surface area contributed by atoms with Crippen LogP contribution < -0.4 is 10.1 Å². The van der Waals surface area contributed by atoms with E-state index in [-0.39, 0.29) is 18.0 Å². The normalized spacial score (nSPS) is 17.7. The van der Waals surface area contributed by atoms with E-state index in [1.54, 1.807) is 25.4 Å². The average Bonchev–Trinajstić information content (AvgIpc) is 3.40. The molecular formula is C32H32Cl2FN5O3. The zero-order valence-electron chi connectivity index (χ0n) is 23.6. The Morgan fingerprint density at radius 1 is 0.884 bits per heavy atom. The van der Waals surface area contributed by atoms with Gasteiger partial charge in [0.15, 0.2) is 11.6 Å². The Bertz CT molecular complexity index is 1640. The predicted octanol–water partition coefficient (Wildman–Crippen LogP) is 5.75. The molecule has 6 rings (SSSR count). The zero-order valence-corrected chi connectivity index (χ0v) is 25.1. The molecule has 4 heterocycles. The zero-order chi connectivity index (χ0) is 30.1. The number of rotatable bonds is 9. The number of hydrogen-bond donors (Lipinski definition) is 3. The Morgan fingerprint density at radius 2 is 1.58 bits per heavy atom. The van der Waals surface area contributed by atoms with Gasteiger partial charge >= 0.3 is 0 Å². The van der Waals surface area contributed by atoms with Crippen LogP contribution in [0.2, 0.25) is 10.0 Å². The van der Waals surface area contributed by atoms with Crippen LogP contribution in [0.3, 0.4) is 0 Å². The lowest BCUT2D eigenvalue weighted by Gasteiger charge is -2.35. The minimum Gasteiger partial charge on any atom is -0.481 e. The first-order chi connectivity index (χ1) is 20.8. The third kappa shape index (κ3) is 6.33. The lowest BCUT2D eigenvalue weighted by molar-refractivity contribution is -0.00330. The molecule has 8 nitrogen and oxygen atoms in total. The van der Waals surface area contributed by atoms with Crippen LogP contribution >= 0.6 is 23.2 Å². The molecule has 2 aromatic heterocycles. The number of aliphatic hydroxyl groups excluding tert-OH is 2. The molecule has 2 fully saturated rings. The molecule has 0 saturated carbocycles. The van der Waals surface area contributed by atoms with E-state index >= 15 is 4.39 Å². The van der Waals surface area contributed by atoms with Gasteiger partial charge in [0.1, 0.15) is 0 Å². The highest BCUT2D eigenvalue weighted by Gasteiger charge is 2.26. The van der Waals surface area contributed by atoms with E-state index < -0.39 is 5.82 Å². The molecule has 4 aromatic rings. The Hall–Kier alpha value is -3.31. The first kappa shape index (κ1) is 29.7. The van der Waals surface area contributed by atoms with Gasteiger partial charge in [-0.2, -0.15) is 0 Å². The minimum atomic E-state index is -0.459. The molecule has 0 aliphatic carbocycles. The van der Waals surface area contributed by atoms with Gasteiger partial charge in [-0.05, 0) is 24.6 Å². The number of anilines is 2. The second-order valence-corrected chi connectivity index (χ2v) is 11.7. The summed E-state index contributed by atoms with van der Waals surface area (Å²) < 4.78 is 21.0. The molecule has 2 saturated heterocycles. The largest absolute Gasteiger partial charge is 0.481 e. The summed E-state index contributed by atoms with van der Waals surface area (Å²) in [5.74, 6) is 0.113. The highest BCUT2D eigenvalue weighted by atomic mass is 35.5. The summed E-state index contributed by atoms with van der Waals surface area (Å²) >= 11 is 13.9. The molecule has 1 unspecified atom stereocenters. The Balaban J connectivity index is 1.26. The molecule has 0 bridgehead atoms. The standard InChI is InChI=1S/C32H32Cl2FN5O3/c1-43-32-20(15-40-17-22(42)18-40)8-9-26(38-32)25-6-2-4-23(28(25)33)24-5-3-7-27(29(24)34)37-31-30(35)19(10-12-36-31)14-39-13-11-21(41)16-39/h2-10,12,21-22,41-42H,11,13-18H2,1H3,(H,36,37). The fourth-order valence-electron chi connectivity index (χ4n) is 5.62. The maximum absolute atomic E-state index is 15.5. The number of benzene rings is 2. The summed E-state index contributed by atoms with van der Waals surface area (Å²) in [6.07, 6.45) is 1.59. The van der Waals surface area contributed by atoms with Gasteiger partial charge in [0.05, 0.1) is 40.7 Å². The molecule has 2 aliphatic rings. The average molecular weight is 625 g/mol. The van der Waals surface area contributed by atoms with Gasteiger partial charge in [0.2, 0.25) is 5.88 Å². The van der Waals surface area contributed by atoms with E-state index in [9.17, 15) is 10.2 Å². The monoisotopic (exact) mass is 623 g/mol. The van der Waals surface area contributed by atoms with E-state index in [4.69, 9.17) is 32.9 Å². The lowest BCUT2D eigenvalue weighted by Crippen LogP contribution is -2.49. The molecule has 11 heteroatoms. The molecule has 0 spiro atoms. The predicted molar refractivity (Wildman–Crippen MR) is 166 cm³/mol. The van der Waals surface area contributed by atoms with Crippen molar-refractivity contribution in [3.05, 3.63) is 87.8 Å². The molecular weight excluding hydrogens is 592 g/mol. The number of methoxy groups -OCH3 is 1. The molecule has 2 aliphatic heterocycles. The third-order valence-electron chi connectivity index (χ3n) is 7.89. The number of nitrogens with zero attached hydrogens (tertiary/aromatic N) is 4. The van der Waals surface area contributed by atoms with Crippen molar-refractivity contribution in [3.63, 3.8) is 0 Å². The van der Waals surface area contributed by atoms with E-state index in [1.807, 2.05) is 47.4 Å². The molecule has 0 radical (unpaired) electrons. The molecule has 2 aromatic carbocycles. The van der Waals surface area contributed by atoms with E-state index in [0.717, 1.165) is 12.1 Å². The van der Waals surface area contributed by atoms with Crippen molar-refractivity contribution in [3.8, 4) is 28.3 Å². The Labute approximate surface area is 259 Å². The van der Waals surface area contributed by atoms with Crippen molar-refractivity contribution in [2.75, 3.05) is 38.6 Å². The second kappa shape index (κ2) is 12.7. The minimum absolute atomic E-state index is 0.0697. The fourth-order valence-corrected chi connectivity index (χ4v) is 6.22. The molecule has 3 N–H and O–H groups in total. The van der Waals surface area contributed by atoms with Crippen LogP contribution in [-0.4, -0.2) is 75.5 Å². The molecule has 43 heavy (non-hydrogen) atoms. The molecule has 224 valence electrons. The van der Waals surface area contributed by atoms with Gasteiger partial charge in [-0.15, -0.1) is 0 Å². The number of β-amino-alcohol motifs (C(OH)–C–C–N with tert-alkyl or cyclic N) is 2. The van der Waals surface area contributed by atoms with Crippen LogP contribution in [0.1, 0.15) is 17.5 Å². The number of aromatic nitrogens is 2. The van der Waals surface area contributed by atoms with E-state index in [2.05, 4.69) is 15.2 Å². The third-order valence-corrected chi connectivity index (χ3v) is 8.71. The fraction of sp³-hybridized carbons (Fsp3) is 0.312. The van der Waals surface area contributed by atoms with Crippen molar-refractivity contribution < 1.29 is 19.3 Å². The smallest absolute Gasteiger partial charge is 0.218 e. The van der Waals surface area contributed by atoms with Gasteiger partial charge in [0.25, 0.3) is 0 Å². The van der Waals surface area contributed by atoms with E-state index in [0.29, 0.717) is 88.7 Å². The van der Waals surface area contributed by atoms with Crippen molar-refractivity contribution >= 4 is 34.7 Å². The Morgan fingerprint density at radius 3 is 2.30 bits per heavy atom. The van der Waals surface area contributed by atoms with Crippen LogP contribution in [0.5, 0.6) is 5.88 Å². The van der Waals surface area contributed by atoms with Gasteiger partial charge in [-0.3, -0.25) is 9.80 Å². The number of ether oxygens (including phenoxy) is 1. The van der Waals surface area contributed by atoms with Crippen molar-refractivity contribution in [1.29, 1.82) is 0 Å². The molecule has 1 atom stereocenters. The van der Waals surface area contributed by atoms with Crippen molar-refractivity contribution in [2.45, 2.75) is 31.7 Å². The number of pyridine rings is 2. The summed E-state index contributed by atoms with van der Waals surface area (Å²) in [5, 5.41) is 23.3. The maximum Gasteiger partial charge on any atom is 0.218 e. The summed E-state index contributed by atoms with van der Waals surface area (Å²) in [4.78, 5) is 13.1. The number of likely N-dealkylation sites (tertiary alicyclic amines) is 2. The highest BCUT2D eigenvalue weighted by Crippen LogP contribution is 2.42. The van der Waals surface area contributed by atoms with Crippen molar-refractivity contribution in [1.82, 2.24) is 19.8 Å². The Kier molecular flexibility index (Phi) is 8.81. The highest BCUT2D eigenvalue weighted by molar-refractivity contribution is 6.39. The van der Waals surface area contributed by atoms with Crippen molar-refractivity contribution in [2.24, 2.45) is 0 Å². The van der Waals surface area contributed by atoms with Crippen LogP contribution in [0.4, 0.5) is 15.9 Å². The lowest BCUT2D eigenvalue weighted by atomic mass is 10.00. The topological polar surface area (TPSA) is 94.0 Å². The van der Waals surface area contributed by atoms with Crippen LogP contribution in [0, 0.1) is 5.82 Å². The second-order valence-electron chi connectivity index (χ2n) is 11.0. The summed E-state index contributed by atoms with van der Waals surface area (Å²) in [6, 6.07) is 16.6. The first-order valence-corrected chi connectivity index (χ1v) is 14.9. The summed E-state index contributed by atoms with van der Waals surface area (Å²) in [6.45, 7) is 3.52. The van der Waals surface area contributed by atoms with Gasteiger partial charge in [-0.1, -0.05) is 59.6 Å². The molecule has 0 amide bonds. The summed E-state index contributed by atoms with van der Waals surface area (Å²) in [5.41, 5.74) is 4.63. The SMILES string of the molecule is COc1nc(-c2cccc(-c3cccc(Nc4nccc(CN5CCC(O)C5)c4F)c3Cl)c2Cl)ccc1CN1CC(O)C1. The van der Waals surface area contributed by atoms with E-state index in [1.165, 1.54) is 0 Å². The summed E-state index contributed by atoms with van der Waals surface area (Å²) in [7, 11) is 1.58. The quantitative estimate of drug-likeness (QED) is 0.217. The van der Waals surface area contributed by atoms with Gasteiger partial charge in [0, 0.05) is 73.3 Å². The number of aliphatic hydroxyl groups is 2. The first-order valence-electron chi connectivity index (χ1n) is 14.1. The number of halogens is 3. The number of hydrogen-bond acceptors (Lipinski definition) is 8. The number of nitrogens with one attached hydrogen (secondary N) is 1. The van der Waals surface area contributed by atoms with Gasteiger partial charge < -0.3 is 20.3 Å². The van der Waals surface area contributed by atoms with Crippen LogP contribution in [0.25, 0.3) is 22.4 Å². The maximum atomic E-state index is 15.5.